The zero-order chi connectivity index (χ0) is 10.1. The fourth-order valence-electron chi connectivity index (χ4n) is 1.40. The topological polar surface area (TPSA) is 38.0 Å². The molecule has 2 nitrogen and oxygen atoms in total. The van der Waals surface area contributed by atoms with Crippen LogP contribution in [0.5, 0.6) is 0 Å². The molecule has 0 saturated heterocycles. The van der Waals surface area contributed by atoms with E-state index in [9.17, 15) is 0 Å². The van der Waals surface area contributed by atoms with Gasteiger partial charge < -0.3 is 11.1 Å². The summed E-state index contributed by atoms with van der Waals surface area (Å²) in [5.74, 6) is 0.717. The molecule has 2 unspecified atom stereocenters. The second kappa shape index (κ2) is 8.52. The van der Waals surface area contributed by atoms with Gasteiger partial charge in [-0.15, -0.1) is 0 Å². The van der Waals surface area contributed by atoms with Gasteiger partial charge in [0.1, 0.15) is 0 Å². The quantitative estimate of drug-likeness (QED) is 0.609. The standard InChI is InChI=1S/C11H26N2/c1-4-5-6-11(3)13-9-10(2)7-8-12/h10-11,13H,4-9,12H2,1-3H3. The van der Waals surface area contributed by atoms with E-state index in [-0.39, 0.29) is 0 Å². The summed E-state index contributed by atoms with van der Waals surface area (Å²) in [6.45, 7) is 8.69. The maximum atomic E-state index is 5.49. The molecule has 0 bridgehead atoms. The van der Waals surface area contributed by atoms with Crippen LogP contribution in [0.15, 0.2) is 0 Å². The molecule has 2 heteroatoms. The molecule has 0 amide bonds. The summed E-state index contributed by atoms with van der Waals surface area (Å²) in [6.07, 6.45) is 5.06. The van der Waals surface area contributed by atoms with Crippen molar-refractivity contribution < 1.29 is 0 Å². The highest BCUT2D eigenvalue weighted by molar-refractivity contribution is 4.63. The Labute approximate surface area is 83.3 Å². The molecule has 80 valence electrons. The minimum Gasteiger partial charge on any atom is -0.330 e. The van der Waals surface area contributed by atoms with Gasteiger partial charge in [0.05, 0.1) is 0 Å². The molecule has 0 aromatic heterocycles. The van der Waals surface area contributed by atoms with E-state index >= 15 is 0 Å². The molecule has 0 heterocycles. The lowest BCUT2D eigenvalue weighted by Gasteiger charge is -2.16. The summed E-state index contributed by atoms with van der Waals surface area (Å²) in [6, 6.07) is 0.667. The highest BCUT2D eigenvalue weighted by Gasteiger charge is 2.03. The summed E-state index contributed by atoms with van der Waals surface area (Å²) in [7, 11) is 0. The van der Waals surface area contributed by atoms with Crippen molar-refractivity contribution >= 4 is 0 Å². The van der Waals surface area contributed by atoms with Gasteiger partial charge in [0.25, 0.3) is 0 Å². The Balaban J connectivity index is 3.29. The zero-order valence-electron chi connectivity index (χ0n) is 9.47. The largest absolute Gasteiger partial charge is 0.330 e. The predicted octanol–water partition coefficient (Wildman–Crippen LogP) is 2.14. The van der Waals surface area contributed by atoms with Crippen LogP contribution >= 0.6 is 0 Å². The zero-order valence-corrected chi connectivity index (χ0v) is 9.47. The Bertz CT molecular complexity index is 104. The van der Waals surface area contributed by atoms with Crippen molar-refractivity contribution in [2.75, 3.05) is 13.1 Å². The molecule has 0 rings (SSSR count). The SMILES string of the molecule is CCCCC(C)NCC(C)CCN. The van der Waals surface area contributed by atoms with Crippen molar-refractivity contribution in [3.63, 3.8) is 0 Å². The molecule has 13 heavy (non-hydrogen) atoms. The van der Waals surface area contributed by atoms with Gasteiger partial charge in [-0.05, 0) is 38.8 Å². The molecule has 2 atom stereocenters. The van der Waals surface area contributed by atoms with Crippen molar-refractivity contribution in [1.82, 2.24) is 5.32 Å². The smallest absolute Gasteiger partial charge is 0.00388 e. The monoisotopic (exact) mass is 186 g/mol. The van der Waals surface area contributed by atoms with Gasteiger partial charge in [-0.25, -0.2) is 0 Å². The van der Waals surface area contributed by atoms with Crippen LogP contribution in [0, 0.1) is 5.92 Å². The van der Waals surface area contributed by atoms with E-state index in [1.54, 1.807) is 0 Å². The maximum absolute atomic E-state index is 5.49. The number of hydrogen-bond acceptors (Lipinski definition) is 2. The van der Waals surface area contributed by atoms with Gasteiger partial charge in [0.2, 0.25) is 0 Å². The van der Waals surface area contributed by atoms with Gasteiger partial charge in [-0.2, -0.15) is 0 Å². The van der Waals surface area contributed by atoms with E-state index in [0.29, 0.717) is 12.0 Å². The highest BCUT2D eigenvalue weighted by Crippen LogP contribution is 2.02. The van der Waals surface area contributed by atoms with E-state index in [4.69, 9.17) is 5.73 Å². The normalized spacial score (nSPS) is 15.7. The molecule has 0 fully saturated rings. The summed E-state index contributed by atoms with van der Waals surface area (Å²) in [5, 5.41) is 3.55. The third kappa shape index (κ3) is 8.26. The summed E-state index contributed by atoms with van der Waals surface area (Å²) in [5.41, 5.74) is 5.49. The number of nitrogens with two attached hydrogens (primary N) is 1. The Morgan fingerprint density at radius 3 is 2.46 bits per heavy atom. The number of hydrogen-bond donors (Lipinski definition) is 2. The van der Waals surface area contributed by atoms with Crippen LogP contribution in [0.1, 0.15) is 46.5 Å². The molecular weight excluding hydrogens is 160 g/mol. The third-order valence-corrected chi connectivity index (χ3v) is 2.46. The highest BCUT2D eigenvalue weighted by atomic mass is 14.9. The van der Waals surface area contributed by atoms with E-state index in [1.165, 1.54) is 19.3 Å². The van der Waals surface area contributed by atoms with Gasteiger partial charge in [0.15, 0.2) is 0 Å². The summed E-state index contributed by atoms with van der Waals surface area (Å²) in [4.78, 5) is 0. The van der Waals surface area contributed by atoms with Gasteiger partial charge in [-0.3, -0.25) is 0 Å². The summed E-state index contributed by atoms with van der Waals surface area (Å²) < 4.78 is 0. The molecule has 0 saturated carbocycles. The first-order valence-electron chi connectivity index (χ1n) is 5.64. The minimum absolute atomic E-state index is 0.667. The Morgan fingerprint density at radius 2 is 1.92 bits per heavy atom. The van der Waals surface area contributed by atoms with Crippen LogP contribution in [-0.4, -0.2) is 19.1 Å². The number of unbranched alkanes of at least 4 members (excludes halogenated alkanes) is 1. The van der Waals surface area contributed by atoms with Crippen molar-refractivity contribution in [3.8, 4) is 0 Å². The molecule has 3 N–H and O–H groups in total. The first-order chi connectivity index (χ1) is 6.20. The fourth-order valence-corrected chi connectivity index (χ4v) is 1.40. The molecule has 0 aliphatic carbocycles. The lowest BCUT2D eigenvalue weighted by atomic mass is 10.1. The predicted molar refractivity (Wildman–Crippen MR) is 59.8 cm³/mol. The lowest BCUT2D eigenvalue weighted by Crippen LogP contribution is -2.31. The van der Waals surface area contributed by atoms with Crippen LogP contribution < -0.4 is 11.1 Å². The van der Waals surface area contributed by atoms with Crippen LogP contribution in [0.3, 0.4) is 0 Å². The van der Waals surface area contributed by atoms with E-state index in [1.807, 2.05) is 0 Å². The van der Waals surface area contributed by atoms with Crippen molar-refractivity contribution in [2.45, 2.75) is 52.5 Å². The van der Waals surface area contributed by atoms with Crippen molar-refractivity contribution in [3.05, 3.63) is 0 Å². The van der Waals surface area contributed by atoms with Crippen LogP contribution in [0.4, 0.5) is 0 Å². The van der Waals surface area contributed by atoms with E-state index < -0.39 is 0 Å². The first kappa shape index (κ1) is 12.9. The van der Waals surface area contributed by atoms with Gasteiger partial charge in [-0.1, -0.05) is 26.7 Å². The second-order valence-electron chi connectivity index (χ2n) is 4.13. The van der Waals surface area contributed by atoms with Crippen molar-refractivity contribution in [1.29, 1.82) is 0 Å². The van der Waals surface area contributed by atoms with E-state index in [2.05, 4.69) is 26.1 Å². The maximum Gasteiger partial charge on any atom is 0.00388 e. The van der Waals surface area contributed by atoms with Crippen LogP contribution in [-0.2, 0) is 0 Å². The molecule has 0 aliphatic rings. The average molecular weight is 186 g/mol. The third-order valence-electron chi connectivity index (χ3n) is 2.46. The lowest BCUT2D eigenvalue weighted by molar-refractivity contribution is 0.425. The molecule has 0 radical (unpaired) electrons. The molecule has 0 aromatic carbocycles. The van der Waals surface area contributed by atoms with Gasteiger partial charge >= 0.3 is 0 Å². The Kier molecular flexibility index (Phi) is 8.46. The van der Waals surface area contributed by atoms with Crippen LogP contribution in [0.2, 0.25) is 0 Å². The molecule has 0 aliphatic heterocycles. The molecule has 0 spiro atoms. The molecular formula is C11H26N2. The number of rotatable bonds is 8. The first-order valence-corrected chi connectivity index (χ1v) is 5.64. The summed E-state index contributed by atoms with van der Waals surface area (Å²) >= 11 is 0. The Hall–Kier alpha value is -0.0800. The van der Waals surface area contributed by atoms with Crippen LogP contribution in [0.25, 0.3) is 0 Å². The molecule has 0 aromatic rings. The Morgan fingerprint density at radius 1 is 1.23 bits per heavy atom. The fraction of sp³-hybridized carbons (Fsp3) is 1.00. The average Bonchev–Trinajstić information content (AvgIpc) is 2.12. The second-order valence-corrected chi connectivity index (χ2v) is 4.13. The van der Waals surface area contributed by atoms with Crippen molar-refractivity contribution in [2.24, 2.45) is 11.7 Å². The minimum atomic E-state index is 0.667. The van der Waals surface area contributed by atoms with E-state index in [0.717, 1.165) is 19.5 Å². The van der Waals surface area contributed by atoms with Gasteiger partial charge in [0, 0.05) is 6.04 Å². The number of nitrogens with one attached hydrogen (secondary N) is 1.